The predicted octanol–water partition coefficient (Wildman–Crippen LogP) is 3.10. The number of amides is 1. The molecule has 0 saturated carbocycles. The van der Waals surface area contributed by atoms with E-state index < -0.39 is 0 Å². The first kappa shape index (κ1) is 15.0. The molecule has 1 aliphatic heterocycles. The van der Waals surface area contributed by atoms with Crippen LogP contribution in [-0.4, -0.2) is 30.9 Å². The van der Waals surface area contributed by atoms with Crippen LogP contribution in [0.15, 0.2) is 15.9 Å². The summed E-state index contributed by atoms with van der Waals surface area (Å²) >= 11 is 5.14. The summed E-state index contributed by atoms with van der Waals surface area (Å²) in [6, 6.07) is 2.09. The van der Waals surface area contributed by atoms with Crippen molar-refractivity contribution in [2.45, 2.75) is 26.8 Å². The Bertz CT molecular complexity index is 452. The van der Waals surface area contributed by atoms with Crippen LogP contribution in [0.25, 0.3) is 0 Å². The minimum atomic E-state index is -0.219. The molecular weight excluding hydrogens is 324 g/mol. The Balaban J connectivity index is 2.09. The van der Waals surface area contributed by atoms with Gasteiger partial charge in [-0.15, -0.1) is 11.3 Å². The largest absolute Gasteiger partial charge is 0.340 e. The fraction of sp³-hybridized carbons (Fsp3) is 0.643. The molecule has 0 aliphatic carbocycles. The van der Waals surface area contributed by atoms with Gasteiger partial charge >= 0.3 is 0 Å². The zero-order valence-electron chi connectivity index (χ0n) is 11.7. The summed E-state index contributed by atoms with van der Waals surface area (Å²) in [4.78, 5) is 15.9. The molecular formula is C14H21BrN2OS. The van der Waals surface area contributed by atoms with E-state index in [1.165, 1.54) is 4.88 Å². The lowest BCUT2D eigenvalue weighted by Crippen LogP contribution is -2.46. The average Bonchev–Trinajstić information content (AvgIpc) is 2.98. The van der Waals surface area contributed by atoms with E-state index in [2.05, 4.69) is 46.5 Å². The number of hydrogen-bond acceptors (Lipinski definition) is 3. The van der Waals surface area contributed by atoms with E-state index >= 15 is 0 Å². The normalized spacial score (nSPS) is 23.0. The summed E-state index contributed by atoms with van der Waals surface area (Å²) in [5.74, 6) is 0.643. The van der Waals surface area contributed by atoms with Crippen LogP contribution in [0.4, 0.5) is 0 Å². The number of carbonyl (C=O) groups excluding carboxylic acids is 1. The van der Waals surface area contributed by atoms with Crippen LogP contribution in [0.3, 0.4) is 0 Å². The van der Waals surface area contributed by atoms with Gasteiger partial charge in [0.05, 0.1) is 12.0 Å². The predicted molar refractivity (Wildman–Crippen MR) is 83.3 cm³/mol. The zero-order valence-corrected chi connectivity index (χ0v) is 14.1. The minimum absolute atomic E-state index is 0.219. The molecule has 19 heavy (non-hydrogen) atoms. The molecule has 1 fully saturated rings. The van der Waals surface area contributed by atoms with Gasteiger partial charge < -0.3 is 10.2 Å². The lowest BCUT2D eigenvalue weighted by molar-refractivity contribution is -0.142. The first-order valence-electron chi connectivity index (χ1n) is 6.65. The van der Waals surface area contributed by atoms with E-state index in [1.54, 1.807) is 11.3 Å². The van der Waals surface area contributed by atoms with Crippen LogP contribution < -0.4 is 5.32 Å². The summed E-state index contributed by atoms with van der Waals surface area (Å²) < 4.78 is 1.09. The van der Waals surface area contributed by atoms with E-state index in [9.17, 15) is 4.79 Å². The monoisotopic (exact) mass is 344 g/mol. The number of nitrogens with zero attached hydrogens (tertiary/aromatic N) is 1. The maximum absolute atomic E-state index is 12.8. The molecule has 0 aromatic carbocycles. The Hall–Kier alpha value is -0.390. The molecule has 0 radical (unpaired) electrons. The molecule has 1 aliphatic rings. The molecule has 0 spiro atoms. The van der Waals surface area contributed by atoms with Gasteiger partial charge in [-0.2, -0.15) is 0 Å². The van der Waals surface area contributed by atoms with Crippen LogP contribution in [0, 0.1) is 11.3 Å². The molecule has 1 saturated heterocycles. The molecule has 5 heteroatoms. The number of rotatable bonds is 4. The van der Waals surface area contributed by atoms with Gasteiger partial charge in [0, 0.05) is 28.3 Å². The highest BCUT2D eigenvalue weighted by Gasteiger charge is 2.45. The van der Waals surface area contributed by atoms with Crippen molar-refractivity contribution in [3.63, 3.8) is 0 Å². The van der Waals surface area contributed by atoms with Gasteiger partial charge in [0.1, 0.15) is 0 Å². The summed E-state index contributed by atoms with van der Waals surface area (Å²) in [5.41, 5.74) is -0.219. The average molecular weight is 345 g/mol. The van der Waals surface area contributed by atoms with E-state index in [0.29, 0.717) is 12.5 Å². The highest BCUT2D eigenvalue weighted by Crippen LogP contribution is 2.36. The smallest absolute Gasteiger partial charge is 0.230 e. The minimum Gasteiger partial charge on any atom is -0.340 e. The topological polar surface area (TPSA) is 32.3 Å². The number of hydrogen-bond donors (Lipinski definition) is 1. The summed E-state index contributed by atoms with van der Waals surface area (Å²) in [5, 5.41) is 5.40. The van der Waals surface area contributed by atoms with E-state index in [-0.39, 0.29) is 11.3 Å². The summed E-state index contributed by atoms with van der Waals surface area (Å²) in [6.45, 7) is 6.76. The summed E-state index contributed by atoms with van der Waals surface area (Å²) in [7, 11) is 1.92. The van der Waals surface area contributed by atoms with Crippen molar-refractivity contribution in [1.29, 1.82) is 0 Å². The maximum Gasteiger partial charge on any atom is 0.230 e. The molecule has 3 nitrogen and oxygen atoms in total. The number of carbonyl (C=O) groups is 1. The highest BCUT2D eigenvalue weighted by molar-refractivity contribution is 9.10. The second-order valence-electron chi connectivity index (χ2n) is 5.63. The number of thiophene rings is 1. The van der Waals surface area contributed by atoms with Crippen molar-refractivity contribution < 1.29 is 4.79 Å². The zero-order chi connectivity index (χ0) is 14.0. The highest BCUT2D eigenvalue weighted by atomic mass is 79.9. The van der Waals surface area contributed by atoms with Crippen LogP contribution in [0.1, 0.15) is 25.1 Å². The molecule has 1 aromatic rings. The Morgan fingerprint density at radius 3 is 2.84 bits per heavy atom. The third kappa shape index (κ3) is 3.03. The van der Waals surface area contributed by atoms with Crippen molar-refractivity contribution in [2.75, 3.05) is 20.1 Å². The molecule has 106 valence electrons. The second kappa shape index (κ2) is 5.94. The van der Waals surface area contributed by atoms with Crippen LogP contribution in [-0.2, 0) is 11.3 Å². The molecule has 1 unspecified atom stereocenters. The molecule has 1 amide bonds. The Morgan fingerprint density at radius 1 is 1.63 bits per heavy atom. The first-order valence-corrected chi connectivity index (χ1v) is 8.32. The molecule has 2 heterocycles. The van der Waals surface area contributed by atoms with Crippen molar-refractivity contribution in [3.05, 3.63) is 20.8 Å². The van der Waals surface area contributed by atoms with E-state index in [4.69, 9.17) is 0 Å². The first-order chi connectivity index (χ1) is 8.95. The molecule has 0 bridgehead atoms. The molecule has 1 aromatic heterocycles. The quantitative estimate of drug-likeness (QED) is 0.910. The third-order valence-corrected chi connectivity index (χ3v) is 5.76. The van der Waals surface area contributed by atoms with E-state index in [0.717, 1.165) is 24.0 Å². The van der Waals surface area contributed by atoms with Gasteiger partial charge in [-0.05, 0) is 40.9 Å². The number of halogens is 1. The van der Waals surface area contributed by atoms with Crippen molar-refractivity contribution in [2.24, 2.45) is 11.3 Å². The Kier molecular flexibility index (Phi) is 4.69. The van der Waals surface area contributed by atoms with Crippen LogP contribution in [0.5, 0.6) is 0 Å². The fourth-order valence-corrected chi connectivity index (χ4v) is 4.26. The van der Waals surface area contributed by atoms with Gasteiger partial charge in [0.15, 0.2) is 0 Å². The summed E-state index contributed by atoms with van der Waals surface area (Å²) in [6.07, 6.45) is 0.946. The molecule has 1 atom stereocenters. The van der Waals surface area contributed by atoms with Crippen molar-refractivity contribution in [3.8, 4) is 0 Å². The molecule has 1 N–H and O–H groups in total. The number of nitrogens with one attached hydrogen (secondary N) is 1. The Labute approximate surface area is 127 Å². The van der Waals surface area contributed by atoms with Gasteiger partial charge in [-0.3, -0.25) is 4.79 Å². The Morgan fingerprint density at radius 2 is 2.37 bits per heavy atom. The lowest BCUT2D eigenvalue weighted by Gasteiger charge is -2.35. The van der Waals surface area contributed by atoms with Crippen LogP contribution in [0.2, 0.25) is 0 Å². The SMILES string of the molecule is CC(C)C1(C(=O)N(C)Cc2cc(Br)cs2)CCNC1. The van der Waals surface area contributed by atoms with Crippen molar-refractivity contribution in [1.82, 2.24) is 10.2 Å². The standard InChI is InChI=1S/C14H21BrN2OS/c1-10(2)14(4-5-16-9-14)13(18)17(3)7-12-6-11(15)8-19-12/h6,8,10,16H,4-5,7,9H2,1-3H3. The van der Waals surface area contributed by atoms with E-state index in [1.807, 2.05) is 11.9 Å². The fourth-order valence-electron chi connectivity index (χ4n) is 2.76. The lowest BCUT2D eigenvalue weighted by atomic mass is 9.75. The third-order valence-electron chi connectivity index (χ3n) is 4.08. The van der Waals surface area contributed by atoms with Crippen molar-refractivity contribution >= 4 is 33.2 Å². The van der Waals surface area contributed by atoms with Gasteiger partial charge in [0.25, 0.3) is 0 Å². The van der Waals surface area contributed by atoms with Gasteiger partial charge in [0.2, 0.25) is 5.91 Å². The van der Waals surface area contributed by atoms with Gasteiger partial charge in [-0.1, -0.05) is 13.8 Å². The van der Waals surface area contributed by atoms with Crippen LogP contribution >= 0.6 is 27.3 Å². The molecule has 2 rings (SSSR count). The second-order valence-corrected chi connectivity index (χ2v) is 7.54. The maximum atomic E-state index is 12.8. The van der Waals surface area contributed by atoms with Gasteiger partial charge in [-0.25, -0.2) is 0 Å².